The summed E-state index contributed by atoms with van der Waals surface area (Å²) in [5.41, 5.74) is -1.45. The van der Waals surface area contributed by atoms with Gasteiger partial charge in [-0.05, 0) is 51.8 Å². The molecule has 0 aromatic heterocycles. The fourth-order valence-corrected chi connectivity index (χ4v) is 3.87. The van der Waals surface area contributed by atoms with Crippen molar-refractivity contribution in [1.29, 1.82) is 0 Å². The van der Waals surface area contributed by atoms with Gasteiger partial charge in [0.2, 0.25) is 5.91 Å². The predicted molar refractivity (Wildman–Crippen MR) is 106 cm³/mol. The number of benzene rings is 1. The zero-order valence-electron chi connectivity index (χ0n) is 17.1. The van der Waals surface area contributed by atoms with Crippen molar-refractivity contribution in [2.75, 3.05) is 31.6 Å². The molecule has 1 aromatic rings. The van der Waals surface area contributed by atoms with Crippen LogP contribution in [0.15, 0.2) is 18.2 Å². The van der Waals surface area contributed by atoms with Crippen LogP contribution in [0.4, 0.5) is 24.5 Å². The van der Waals surface area contributed by atoms with E-state index in [1.165, 1.54) is 12.8 Å². The minimum Gasteiger partial charge on any atom is -0.366 e. The van der Waals surface area contributed by atoms with Gasteiger partial charge in [0, 0.05) is 43.7 Å². The molecular weight excluding hydrogens is 401 g/mol. The van der Waals surface area contributed by atoms with E-state index in [9.17, 15) is 28.1 Å². The summed E-state index contributed by atoms with van der Waals surface area (Å²) in [6, 6.07) is 3.44. The summed E-state index contributed by atoms with van der Waals surface area (Å²) in [4.78, 5) is 27.0. The zero-order chi connectivity index (χ0) is 22.1. The number of carbonyl (C=O) groups excluding carboxylic acids is 1. The molecule has 1 amide bonds. The summed E-state index contributed by atoms with van der Waals surface area (Å²) in [5.74, 6) is -0.235. The molecule has 1 saturated heterocycles. The number of hydrogen-bond donors (Lipinski definition) is 1. The number of nitro benzene ring substituents is 1. The van der Waals surface area contributed by atoms with Crippen LogP contribution >= 0.6 is 0 Å². The molecule has 1 atom stereocenters. The van der Waals surface area contributed by atoms with E-state index < -0.39 is 22.4 Å². The maximum atomic E-state index is 12.9. The lowest BCUT2D eigenvalue weighted by molar-refractivity contribution is -0.384. The fraction of sp³-hybridized carbons (Fsp3) is 0.650. The van der Waals surface area contributed by atoms with Crippen molar-refractivity contribution in [3.05, 3.63) is 33.9 Å². The molecule has 2 fully saturated rings. The van der Waals surface area contributed by atoms with Crippen molar-refractivity contribution in [1.82, 2.24) is 10.2 Å². The van der Waals surface area contributed by atoms with Crippen LogP contribution in [0.1, 0.15) is 38.2 Å². The van der Waals surface area contributed by atoms with Crippen LogP contribution in [0.5, 0.6) is 0 Å². The Labute approximate surface area is 173 Å². The Morgan fingerprint density at radius 3 is 2.47 bits per heavy atom. The van der Waals surface area contributed by atoms with E-state index in [1.54, 1.807) is 4.90 Å². The minimum absolute atomic E-state index is 0.0346. The Morgan fingerprint density at radius 2 is 1.93 bits per heavy atom. The predicted octanol–water partition coefficient (Wildman–Crippen LogP) is 3.43. The van der Waals surface area contributed by atoms with E-state index in [4.69, 9.17) is 0 Å². The van der Waals surface area contributed by atoms with Crippen molar-refractivity contribution >= 4 is 17.3 Å². The summed E-state index contributed by atoms with van der Waals surface area (Å²) >= 11 is 0. The van der Waals surface area contributed by atoms with Crippen molar-refractivity contribution in [3.63, 3.8) is 0 Å². The normalized spacial score (nSPS) is 19.1. The number of carbonyl (C=O) groups is 1. The second-order valence-electron chi connectivity index (χ2n) is 8.21. The summed E-state index contributed by atoms with van der Waals surface area (Å²) in [5, 5.41) is 14.3. The highest BCUT2D eigenvalue weighted by Gasteiger charge is 2.35. The molecule has 166 valence electrons. The van der Waals surface area contributed by atoms with E-state index in [-0.39, 0.29) is 23.6 Å². The van der Waals surface area contributed by atoms with E-state index in [0.29, 0.717) is 44.6 Å². The van der Waals surface area contributed by atoms with Crippen LogP contribution in [-0.4, -0.2) is 54.5 Å². The van der Waals surface area contributed by atoms with Crippen LogP contribution in [0.3, 0.4) is 0 Å². The third-order valence-corrected chi connectivity index (χ3v) is 6.10. The van der Waals surface area contributed by atoms with Gasteiger partial charge in [-0.15, -0.1) is 0 Å². The number of hydrogen-bond acceptors (Lipinski definition) is 5. The van der Waals surface area contributed by atoms with Gasteiger partial charge in [0.1, 0.15) is 5.69 Å². The van der Waals surface area contributed by atoms with Crippen molar-refractivity contribution in [3.8, 4) is 0 Å². The highest BCUT2D eigenvalue weighted by atomic mass is 19.4. The Morgan fingerprint density at radius 1 is 1.30 bits per heavy atom. The molecule has 2 aliphatic rings. The molecule has 1 unspecified atom stereocenters. The molecule has 30 heavy (non-hydrogen) atoms. The van der Waals surface area contributed by atoms with Gasteiger partial charge in [-0.3, -0.25) is 19.8 Å². The maximum absolute atomic E-state index is 12.9. The molecule has 1 heterocycles. The Hall–Kier alpha value is -2.36. The van der Waals surface area contributed by atoms with E-state index in [2.05, 4.69) is 24.2 Å². The van der Waals surface area contributed by atoms with Crippen molar-refractivity contribution < 1.29 is 22.9 Å². The maximum Gasteiger partial charge on any atom is 0.416 e. The number of nitrogens with one attached hydrogen (secondary N) is 1. The molecule has 10 heteroatoms. The first-order chi connectivity index (χ1) is 14.1. The molecule has 0 bridgehead atoms. The van der Waals surface area contributed by atoms with Gasteiger partial charge >= 0.3 is 6.18 Å². The lowest BCUT2D eigenvalue weighted by atomic mass is 9.95. The SMILES string of the molecule is CC(CNC(=O)C1CCN(c2ccc(C(F)(F)F)cc2[N+](=O)[O-])CC1)N(C)C1CC1. The topological polar surface area (TPSA) is 78.7 Å². The average Bonchev–Trinajstić information content (AvgIpc) is 3.55. The first kappa shape index (κ1) is 22.3. The number of likely N-dealkylation sites (N-methyl/N-ethyl adjacent to an activating group) is 1. The van der Waals surface area contributed by atoms with Crippen molar-refractivity contribution in [2.45, 2.75) is 50.9 Å². The summed E-state index contributed by atoms with van der Waals surface area (Å²) in [6.45, 7) is 3.39. The molecule has 1 aromatic carbocycles. The smallest absolute Gasteiger partial charge is 0.366 e. The fourth-order valence-electron chi connectivity index (χ4n) is 3.87. The largest absolute Gasteiger partial charge is 0.416 e. The van der Waals surface area contributed by atoms with Crippen LogP contribution in [0.25, 0.3) is 0 Å². The van der Waals surface area contributed by atoms with Crippen LogP contribution in [0.2, 0.25) is 0 Å². The number of anilines is 1. The second-order valence-corrected chi connectivity index (χ2v) is 8.21. The monoisotopic (exact) mass is 428 g/mol. The summed E-state index contributed by atoms with van der Waals surface area (Å²) in [7, 11) is 2.06. The van der Waals surface area contributed by atoms with Gasteiger partial charge < -0.3 is 10.2 Å². The van der Waals surface area contributed by atoms with Crippen LogP contribution in [-0.2, 0) is 11.0 Å². The number of nitrogens with zero attached hydrogens (tertiary/aromatic N) is 3. The second kappa shape index (κ2) is 8.79. The number of nitro groups is 1. The molecule has 1 aliphatic carbocycles. The first-order valence-corrected chi connectivity index (χ1v) is 10.2. The molecule has 0 spiro atoms. The summed E-state index contributed by atoms with van der Waals surface area (Å²) in [6.07, 6.45) is -1.25. The average molecular weight is 428 g/mol. The standard InChI is InChI=1S/C20H27F3N4O3/c1-13(25(2)16-4-5-16)12-24-19(28)14-7-9-26(10-8-14)17-6-3-15(20(21,22)23)11-18(17)27(29)30/h3,6,11,13-14,16H,4-5,7-10,12H2,1-2H3,(H,24,28). The van der Waals surface area contributed by atoms with Gasteiger partial charge in [-0.2, -0.15) is 13.2 Å². The summed E-state index contributed by atoms with van der Waals surface area (Å²) < 4.78 is 38.7. The number of amides is 1. The number of halogens is 3. The van der Waals surface area contributed by atoms with Gasteiger partial charge in [0.25, 0.3) is 5.69 Å². The van der Waals surface area contributed by atoms with Gasteiger partial charge in [0.05, 0.1) is 10.5 Å². The lowest BCUT2D eigenvalue weighted by Crippen LogP contribution is -2.45. The number of rotatable bonds is 7. The molecule has 3 rings (SSSR count). The number of piperidine rings is 1. The molecule has 1 saturated carbocycles. The lowest BCUT2D eigenvalue weighted by Gasteiger charge is -2.33. The Bertz CT molecular complexity index is 790. The zero-order valence-corrected chi connectivity index (χ0v) is 17.1. The quantitative estimate of drug-likeness (QED) is 0.532. The van der Waals surface area contributed by atoms with E-state index in [0.717, 1.165) is 12.1 Å². The third-order valence-electron chi connectivity index (χ3n) is 6.10. The molecule has 1 N–H and O–H groups in total. The van der Waals surface area contributed by atoms with Gasteiger partial charge in [-0.1, -0.05) is 0 Å². The van der Waals surface area contributed by atoms with Crippen LogP contribution in [0, 0.1) is 16.0 Å². The van der Waals surface area contributed by atoms with Crippen LogP contribution < -0.4 is 10.2 Å². The van der Waals surface area contributed by atoms with Gasteiger partial charge in [-0.25, -0.2) is 0 Å². The van der Waals surface area contributed by atoms with Gasteiger partial charge in [0.15, 0.2) is 0 Å². The molecular formula is C20H27F3N4O3. The van der Waals surface area contributed by atoms with E-state index >= 15 is 0 Å². The molecule has 0 radical (unpaired) electrons. The molecule has 7 nitrogen and oxygen atoms in total. The Kier molecular flexibility index (Phi) is 6.54. The molecule has 1 aliphatic heterocycles. The first-order valence-electron chi connectivity index (χ1n) is 10.2. The Balaban J connectivity index is 1.57. The third kappa shape index (κ3) is 5.21. The highest BCUT2D eigenvalue weighted by molar-refractivity contribution is 5.79. The number of alkyl halides is 3. The van der Waals surface area contributed by atoms with Crippen molar-refractivity contribution in [2.24, 2.45) is 5.92 Å². The van der Waals surface area contributed by atoms with E-state index in [1.807, 2.05) is 0 Å². The highest BCUT2D eigenvalue weighted by Crippen LogP contribution is 2.37. The minimum atomic E-state index is -4.64.